The van der Waals surface area contributed by atoms with E-state index in [4.69, 9.17) is 25.7 Å². The molecule has 0 spiro atoms. The summed E-state index contributed by atoms with van der Waals surface area (Å²) in [5.74, 6) is -2.13. The summed E-state index contributed by atoms with van der Waals surface area (Å²) in [6, 6.07) is -0.858. The van der Waals surface area contributed by atoms with E-state index in [2.05, 4.69) is 0 Å². The second kappa shape index (κ2) is 8.06. The van der Waals surface area contributed by atoms with Gasteiger partial charge in [0.05, 0.1) is 12.6 Å². The van der Waals surface area contributed by atoms with Gasteiger partial charge in [0.1, 0.15) is 0 Å². The van der Waals surface area contributed by atoms with E-state index >= 15 is 0 Å². The average molecular weight is 295 g/mol. The minimum atomic E-state index is -4.29. The van der Waals surface area contributed by atoms with Crippen LogP contribution >= 0.6 is 7.60 Å². The van der Waals surface area contributed by atoms with Gasteiger partial charge in [0.15, 0.2) is 0 Å². The van der Waals surface area contributed by atoms with Crippen LogP contribution in [0.3, 0.4) is 0 Å². The number of hydrogen-bond donors (Lipinski definition) is 5. The van der Waals surface area contributed by atoms with Crippen LogP contribution in [0.2, 0.25) is 0 Å². The Hall–Kier alpha value is -1.21. The highest BCUT2D eigenvalue weighted by molar-refractivity contribution is 7.52. The van der Waals surface area contributed by atoms with E-state index in [0.717, 1.165) is 0 Å². The zero-order valence-corrected chi connectivity index (χ0v) is 11.1. The van der Waals surface area contributed by atoms with Crippen molar-refractivity contribution < 1.29 is 34.2 Å². The lowest BCUT2D eigenvalue weighted by Crippen LogP contribution is -2.22. The van der Waals surface area contributed by atoms with Crippen LogP contribution in [0, 0.1) is 0 Å². The fourth-order valence-electron chi connectivity index (χ4n) is 1.51. The van der Waals surface area contributed by atoms with Gasteiger partial charge in [-0.15, -0.1) is 0 Å². The smallest absolute Gasteiger partial charge is 0.329 e. The number of carboxylic acids is 2. The molecule has 0 aliphatic heterocycles. The van der Waals surface area contributed by atoms with Crippen LogP contribution in [0.5, 0.6) is 0 Å². The van der Waals surface area contributed by atoms with Crippen molar-refractivity contribution in [3.8, 4) is 0 Å². The van der Waals surface area contributed by atoms with Crippen molar-refractivity contribution >= 4 is 19.5 Å². The Morgan fingerprint density at radius 2 is 1.74 bits per heavy atom. The van der Waals surface area contributed by atoms with Crippen LogP contribution in [0.15, 0.2) is 11.6 Å². The first-order chi connectivity index (χ1) is 8.60. The van der Waals surface area contributed by atoms with Crippen LogP contribution in [0.25, 0.3) is 0 Å². The first-order valence-electron chi connectivity index (χ1n) is 5.53. The Morgan fingerprint density at radius 3 is 2.16 bits per heavy atom. The van der Waals surface area contributed by atoms with Crippen molar-refractivity contribution in [1.82, 2.24) is 0 Å². The molecule has 0 bridgehead atoms. The molecule has 0 saturated heterocycles. The van der Waals surface area contributed by atoms with Crippen molar-refractivity contribution in [3.63, 3.8) is 0 Å². The second-order valence-electron chi connectivity index (χ2n) is 4.16. The molecule has 0 aliphatic carbocycles. The largest absolute Gasteiger partial charge is 0.481 e. The molecule has 0 aliphatic rings. The maximum atomic E-state index is 10.9. The minimum Gasteiger partial charge on any atom is -0.481 e. The summed E-state index contributed by atoms with van der Waals surface area (Å²) in [4.78, 5) is 38.6. The molecule has 0 aromatic rings. The van der Waals surface area contributed by atoms with Gasteiger partial charge in [0, 0.05) is 12.5 Å². The molecule has 0 heterocycles. The van der Waals surface area contributed by atoms with Gasteiger partial charge in [-0.25, -0.2) is 0 Å². The summed E-state index contributed by atoms with van der Waals surface area (Å²) in [6.45, 7) is 0. The summed E-state index contributed by atoms with van der Waals surface area (Å²) in [7, 11) is -4.29. The Labute approximate surface area is 110 Å². The third-order valence-corrected chi connectivity index (χ3v) is 2.98. The molecule has 1 atom stereocenters. The fourth-order valence-corrected chi connectivity index (χ4v) is 2.30. The van der Waals surface area contributed by atoms with E-state index in [9.17, 15) is 14.2 Å². The molecule has 0 radical (unpaired) electrons. The average Bonchev–Trinajstić information content (AvgIpc) is 2.11. The lowest BCUT2D eigenvalue weighted by atomic mass is 10.1. The molecule has 6 N–H and O–H groups in total. The Bertz CT molecular complexity index is 401. The molecule has 19 heavy (non-hydrogen) atoms. The summed E-state index contributed by atoms with van der Waals surface area (Å²) < 4.78 is 10.9. The lowest BCUT2D eigenvalue weighted by Gasteiger charge is -2.11. The predicted molar refractivity (Wildman–Crippen MR) is 66.7 cm³/mol. The molecule has 0 rings (SSSR count). The van der Waals surface area contributed by atoms with E-state index in [1.54, 1.807) is 0 Å². The van der Waals surface area contributed by atoms with Crippen LogP contribution in [-0.4, -0.2) is 44.1 Å². The van der Waals surface area contributed by atoms with Gasteiger partial charge in [0.2, 0.25) is 0 Å². The third-order valence-electron chi connectivity index (χ3n) is 2.16. The quantitative estimate of drug-likeness (QED) is 0.297. The van der Waals surface area contributed by atoms with Crippen molar-refractivity contribution in [2.75, 3.05) is 6.16 Å². The van der Waals surface area contributed by atoms with Gasteiger partial charge in [-0.2, -0.15) is 0 Å². The van der Waals surface area contributed by atoms with E-state index in [0.29, 0.717) is 0 Å². The molecular weight excluding hydrogens is 277 g/mol. The molecule has 0 aromatic carbocycles. The fraction of sp³-hybridized carbons (Fsp3) is 0.600. The highest BCUT2D eigenvalue weighted by atomic mass is 31.2. The van der Waals surface area contributed by atoms with E-state index in [1.807, 2.05) is 0 Å². The number of rotatable bonds is 9. The molecule has 0 saturated carbocycles. The number of hydrogen-bond acceptors (Lipinski definition) is 4. The van der Waals surface area contributed by atoms with Crippen molar-refractivity contribution in [1.29, 1.82) is 0 Å². The van der Waals surface area contributed by atoms with Crippen LogP contribution < -0.4 is 5.73 Å². The molecule has 1 unspecified atom stereocenters. The molecule has 0 aromatic heterocycles. The molecule has 0 amide bonds. The topological polar surface area (TPSA) is 158 Å². The number of carboxylic acid groups (broad SMARTS) is 2. The normalized spacial score (nSPS) is 14.2. The molecule has 8 nitrogen and oxygen atoms in total. The zero-order valence-electron chi connectivity index (χ0n) is 10.2. The highest BCUT2D eigenvalue weighted by Gasteiger charge is 2.17. The maximum absolute atomic E-state index is 10.9. The zero-order chi connectivity index (χ0) is 15.1. The minimum absolute atomic E-state index is 0.132. The lowest BCUT2D eigenvalue weighted by molar-refractivity contribution is -0.138. The first kappa shape index (κ1) is 17.8. The van der Waals surface area contributed by atoms with Crippen LogP contribution in [0.4, 0.5) is 0 Å². The summed E-state index contributed by atoms with van der Waals surface area (Å²) in [6.07, 6.45) is 0.622. The van der Waals surface area contributed by atoms with E-state index in [-0.39, 0.29) is 31.3 Å². The highest BCUT2D eigenvalue weighted by Crippen LogP contribution is 2.38. The van der Waals surface area contributed by atoms with Gasteiger partial charge in [-0.1, -0.05) is 11.6 Å². The van der Waals surface area contributed by atoms with Gasteiger partial charge in [-0.05, 0) is 12.8 Å². The SMILES string of the molecule is NC(/C=C(/CCCC(=O)O)CP(=O)(O)O)CC(=O)O. The van der Waals surface area contributed by atoms with Crippen molar-refractivity contribution in [2.24, 2.45) is 5.73 Å². The Kier molecular flexibility index (Phi) is 7.55. The standard InChI is InChI=1S/C10H18NO7P/c11-8(5-10(14)15)4-7(6-19(16,17)18)2-1-3-9(12)13/h4,8H,1-3,5-6,11H2,(H,12,13)(H,14,15)(H2,16,17,18)/b7-4-. The summed E-state index contributed by atoms with van der Waals surface area (Å²) >= 11 is 0. The summed E-state index contributed by atoms with van der Waals surface area (Å²) in [5, 5.41) is 17.0. The van der Waals surface area contributed by atoms with E-state index < -0.39 is 31.7 Å². The Morgan fingerprint density at radius 1 is 1.16 bits per heavy atom. The number of aliphatic carboxylic acids is 2. The Balaban J connectivity index is 4.64. The first-order valence-corrected chi connectivity index (χ1v) is 7.33. The number of nitrogens with two attached hydrogens (primary N) is 1. The van der Waals surface area contributed by atoms with E-state index in [1.165, 1.54) is 6.08 Å². The van der Waals surface area contributed by atoms with Gasteiger partial charge in [-0.3, -0.25) is 14.2 Å². The molecule has 9 heteroatoms. The van der Waals surface area contributed by atoms with Gasteiger partial charge < -0.3 is 25.7 Å². The third kappa shape index (κ3) is 11.6. The summed E-state index contributed by atoms with van der Waals surface area (Å²) in [5.41, 5.74) is 5.78. The molecular formula is C10H18NO7P. The van der Waals surface area contributed by atoms with Crippen molar-refractivity contribution in [3.05, 3.63) is 11.6 Å². The maximum Gasteiger partial charge on any atom is 0.329 e. The number of carbonyl (C=O) groups is 2. The molecule has 0 fully saturated rings. The second-order valence-corrected chi connectivity index (χ2v) is 5.80. The monoisotopic (exact) mass is 295 g/mol. The van der Waals surface area contributed by atoms with Crippen molar-refractivity contribution in [2.45, 2.75) is 31.7 Å². The number of allylic oxidation sites excluding steroid dienone is 1. The van der Waals surface area contributed by atoms with Crippen LogP contribution in [0.1, 0.15) is 25.7 Å². The predicted octanol–water partition coefficient (Wildman–Crippen LogP) is 0.147. The van der Waals surface area contributed by atoms with Crippen LogP contribution in [-0.2, 0) is 14.2 Å². The van der Waals surface area contributed by atoms with Gasteiger partial charge >= 0.3 is 19.5 Å². The molecule has 110 valence electrons. The van der Waals surface area contributed by atoms with Gasteiger partial charge in [0.25, 0.3) is 0 Å².